The smallest absolute Gasteiger partial charge is 0.0634 e. The van der Waals surface area contributed by atoms with E-state index in [0.29, 0.717) is 0 Å². The summed E-state index contributed by atoms with van der Waals surface area (Å²) in [6.45, 7) is 0. The number of hydrogen-bond acceptors (Lipinski definition) is 1. The molecule has 1 aliphatic carbocycles. The highest BCUT2D eigenvalue weighted by Crippen LogP contribution is 2.50. The molecule has 2 aromatic heterocycles. The van der Waals surface area contributed by atoms with Gasteiger partial charge in [0, 0.05) is 36.3 Å². The minimum absolute atomic E-state index is 1.25. The summed E-state index contributed by atoms with van der Waals surface area (Å²) in [5.41, 5.74) is 9.16. The van der Waals surface area contributed by atoms with Crippen LogP contribution < -0.4 is 0 Å². The number of thiophene rings is 1. The lowest BCUT2D eigenvalue weighted by atomic mass is 10.0. The summed E-state index contributed by atoms with van der Waals surface area (Å²) in [5.74, 6) is 0. The van der Waals surface area contributed by atoms with Crippen molar-refractivity contribution >= 4 is 64.1 Å². The molecule has 0 unspecified atom stereocenters. The average Bonchev–Trinajstić information content (AvgIpc) is 3.58. The van der Waals surface area contributed by atoms with Gasteiger partial charge in [-0.1, -0.05) is 91.0 Å². The molecule has 0 N–H and O–H groups in total. The van der Waals surface area contributed by atoms with Crippen LogP contribution >= 0.6 is 11.3 Å². The van der Waals surface area contributed by atoms with Crippen LogP contribution in [0.25, 0.3) is 80.7 Å². The number of fused-ring (bicyclic) bond motifs is 10. The molecule has 8 aromatic rings. The Hall–Kier alpha value is -4.40. The first kappa shape index (κ1) is 18.9. The highest BCUT2D eigenvalue weighted by atomic mass is 32.1. The summed E-state index contributed by atoms with van der Waals surface area (Å²) in [5, 5.41) is 7.98. The van der Waals surface area contributed by atoms with E-state index in [-0.39, 0.29) is 0 Å². The van der Waals surface area contributed by atoms with Crippen molar-refractivity contribution in [3.63, 3.8) is 0 Å². The van der Waals surface area contributed by atoms with Gasteiger partial charge in [-0.05, 0) is 51.9 Å². The lowest BCUT2D eigenvalue weighted by molar-refractivity contribution is 1.21. The van der Waals surface area contributed by atoms with Crippen molar-refractivity contribution in [3.05, 3.63) is 115 Å². The normalized spacial score (nSPS) is 12.4. The molecule has 0 radical (unpaired) electrons. The SMILES string of the molecule is c1ccc2c(c1)-c1cccc3c(-n4c5ccccc5c5ccc6sc7ccccc7c6c54)ccc-2c13. The van der Waals surface area contributed by atoms with E-state index in [9.17, 15) is 0 Å². The first-order chi connectivity index (χ1) is 17.9. The Labute approximate surface area is 211 Å². The summed E-state index contributed by atoms with van der Waals surface area (Å²) in [4.78, 5) is 0. The number of hydrogen-bond donors (Lipinski definition) is 0. The van der Waals surface area contributed by atoms with Gasteiger partial charge in [0.2, 0.25) is 0 Å². The maximum absolute atomic E-state index is 2.53. The Bertz CT molecular complexity index is 2180. The molecule has 0 spiro atoms. The van der Waals surface area contributed by atoms with Crippen molar-refractivity contribution in [1.29, 1.82) is 0 Å². The second-order valence-corrected chi connectivity index (χ2v) is 10.8. The largest absolute Gasteiger partial charge is 0.308 e. The van der Waals surface area contributed by atoms with Crippen molar-refractivity contribution in [2.75, 3.05) is 0 Å². The maximum atomic E-state index is 2.53. The zero-order valence-electron chi connectivity index (χ0n) is 19.3. The van der Waals surface area contributed by atoms with Crippen LogP contribution in [0.5, 0.6) is 0 Å². The van der Waals surface area contributed by atoms with Crippen LogP contribution in [-0.2, 0) is 0 Å². The molecule has 0 bridgehead atoms. The standard InChI is InChI=1S/C34H19NS/c1-2-9-21-20(8-1)23-12-7-13-26-29(18-16-24(21)32(23)26)35-28-14-5-3-10-22(28)25-17-19-31-33(34(25)35)27-11-4-6-15-30(27)36-31/h1-19H. The third-order valence-electron chi connectivity index (χ3n) is 7.94. The average molecular weight is 474 g/mol. The van der Waals surface area contributed by atoms with Crippen LogP contribution in [-0.4, -0.2) is 4.57 Å². The van der Waals surface area contributed by atoms with Gasteiger partial charge in [-0.2, -0.15) is 0 Å². The minimum Gasteiger partial charge on any atom is -0.308 e. The predicted octanol–water partition coefficient (Wildman–Crippen LogP) is 9.95. The number of rotatable bonds is 1. The van der Waals surface area contributed by atoms with Crippen LogP contribution in [0.3, 0.4) is 0 Å². The van der Waals surface area contributed by atoms with Gasteiger partial charge in [-0.15, -0.1) is 11.3 Å². The van der Waals surface area contributed by atoms with Gasteiger partial charge < -0.3 is 4.57 Å². The van der Waals surface area contributed by atoms with Gasteiger partial charge in [0.05, 0.1) is 16.7 Å². The Morgan fingerprint density at radius 2 is 1.11 bits per heavy atom. The maximum Gasteiger partial charge on any atom is 0.0634 e. The molecule has 2 heterocycles. The fourth-order valence-electron chi connectivity index (χ4n) is 6.50. The van der Waals surface area contributed by atoms with E-state index in [1.54, 1.807) is 0 Å². The summed E-state index contributed by atoms with van der Waals surface area (Å²) in [7, 11) is 0. The number of aromatic nitrogens is 1. The van der Waals surface area contributed by atoms with Gasteiger partial charge >= 0.3 is 0 Å². The van der Waals surface area contributed by atoms with Crippen LogP contribution in [0.2, 0.25) is 0 Å². The molecule has 2 heteroatoms. The van der Waals surface area contributed by atoms with Gasteiger partial charge in [-0.3, -0.25) is 0 Å². The molecule has 0 aliphatic heterocycles. The van der Waals surface area contributed by atoms with Gasteiger partial charge in [-0.25, -0.2) is 0 Å². The van der Waals surface area contributed by atoms with Crippen LogP contribution in [0, 0.1) is 0 Å². The molecule has 9 rings (SSSR count). The molecule has 0 atom stereocenters. The lowest BCUT2D eigenvalue weighted by Gasteiger charge is -2.14. The Balaban J connectivity index is 1.52. The highest BCUT2D eigenvalue weighted by Gasteiger charge is 2.24. The zero-order chi connectivity index (χ0) is 23.4. The first-order valence-corrected chi connectivity index (χ1v) is 13.2. The molecule has 1 aliphatic rings. The van der Waals surface area contributed by atoms with Crippen molar-refractivity contribution in [2.24, 2.45) is 0 Å². The third kappa shape index (κ3) is 2.21. The monoisotopic (exact) mass is 473 g/mol. The Morgan fingerprint density at radius 1 is 0.417 bits per heavy atom. The number of nitrogens with zero attached hydrogens (tertiary/aromatic N) is 1. The highest BCUT2D eigenvalue weighted by molar-refractivity contribution is 7.26. The second-order valence-electron chi connectivity index (χ2n) is 9.69. The van der Waals surface area contributed by atoms with E-state index in [1.165, 1.54) is 80.7 Å². The van der Waals surface area contributed by atoms with E-state index in [0.717, 1.165) is 0 Å². The zero-order valence-corrected chi connectivity index (χ0v) is 20.1. The van der Waals surface area contributed by atoms with Crippen LogP contribution in [0.4, 0.5) is 0 Å². The number of benzene rings is 6. The molecule has 36 heavy (non-hydrogen) atoms. The summed E-state index contributed by atoms with van der Waals surface area (Å²) in [6, 6.07) is 42.6. The predicted molar refractivity (Wildman–Crippen MR) is 156 cm³/mol. The molecule has 0 saturated heterocycles. The fraction of sp³-hybridized carbons (Fsp3) is 0. The van der Waals surface area contributed by atoms with Crippen molar-refractivity contribution in [2.45, 2.75) is 0 Å². The fourth-order valence-corrected chi connectivity index (χ4v) is 7.61. The third-order valence-corrected chi connectivity index (χ3v) is 9.08. The molecule has 0 saturated carbocycles. The van der Waals surface area contributed by atoms with Gasteiger partial charge in [0.25, 0.3) is 0 Å². The summed E-state index contributed by atoms with van der Waals surface area (Å²) >= 11 is 1.89. The van der Waals surface area contributed by atoms with E-state index in [4.69, 9.17) is 0 Å². The summed E-state index contributed by atoms with van der Waals surface area (Å²) < 4.78 is 5.21. The summed E-state index contributed by atoms with van der Waals surface area (Å²) in [6.07, 6.45) is 0. The molecular formula is C34H19NS. The molecule has 0 fully saturated rings. The first-order valence-electron chi connectivity index (χ1n) is 12.4. The molecule has 6 aromatic carbocycles. The van der Waals surface area contributed by atoms with Gasteiger partial charge in [0.15, 0.2) is 0 Å². The Morgan fingerprint density at radius 3 is 2.00 bits per heavy atom. The molecular weight excluding hydrogens is 454 g/mol. The second kappa shape index (κ2) is 6.63. The van der Waals surface area contributed by atoms with E-state index in [2.05, 4.69) is 120 Å². The van der Waals surface area contributed by atoms with E-state index < -0.39 is 0 Å². The van der Waals surface area contributed by atoms with E-state index >= 15 is 0 Å². The quantitative estimate of drug-likeness (QED) is 0.223. The van der Waals surface area contributed by atoms with Gasteiger partial charge in [0.1, 0.15) is 0 Å². The topological polar surface area (TPSA) is 4.93 Å². The Kier molecular flexibility index (Phi) is 3.47. The van der Waals surface area contributed by atoms with Crippen molar-refractivity contribution in [1.82, 2.24) is 4.57 Å². The molecule has 0 amide bonds. The molecule has 166 valence electrons. The minimum atomic E-state index is 1.25. The van der Waals surface area contributed by atoms with Crippen LogP contribution in [0.15, 0.2) is 115 Å². The lowest BCUT2D eigenvalue weighted by Crippen LogP contribution is -1.96. The van der Waals surface area contributed by atoms with E-state index in [1.807, 2.05) is 11.3 Å². The van der Waals surface area contributed by atoms with Crippen molar-refractivity contribution in [3.8, 4) is 27.9 Å². The van der Waals surface area contributed by atoms with Crippen molar-refractivity contribution < 1.29 is 0 Å². The molecule has 1 nitrogen and oxygen atoms in total. The number of para-hydroxylation sites is 1. The van der Waals surface area contributed by atoms with Crippen LogP contribution in [0.1, 0.15) is 0 Å².